The molecule has 1 amide bonds. The highest BCUT2D eigenvalue weighted by molar-refractivity contribution is 7.16. The molecule has 0 N–H and O–H groups in total. The number of methoxy groups -OCH3 is 1. The first-order valence-corrected chi connectivity index (χ1v) is 10.8. The summed E-state index contributed by atoms with van der Waals surface area (Å²) in [6.07, 6.45) is 0. The van der Waals surface area contributed by atoms with E-state index in [0.717, 1.165) is 21.0 Å². The lowest BCUT2D eigenvalue weighted by Crippen LogP contribution is -2.19. The van der Waals surface area contributed by atoms with Crippen molar-refractivity contribution in [3.63, 3.8) is 0 Å². The zero-order valence-corrected chi connectivity index (χ0v) is 18.1. The van der Waals surface area contributed by atoms with Gasteiger partial charge in [0.25, 0.3) is 5.91 Å². The summed E-state index contributed by atoms with van der Waals surface area (Å²) in [4.78, 5) is 30.1. The summed E-state index contributed by atoms with van der Waals surface area (Å²) in [5.41, 5.74) is 1.91. The van der Waals surface area contributed by atoms with Crippen molar-refractivity contribution >= 4 is 44.2 Å². The van der Waals surface area contributed by atoms with Crippen molar-refractivity contribution in [1.29, 1.82) is 0 Å². The maximum absolute atomic E-state index is 13.1. The van der Waals surface area contributed by atoms with Gasteiger partial charge in [0.05, 0.1) is 29.5 Å². The van der Waals surface area contributed by atoms with Gasteiger partial charge < -0.3 is 14.0 Å². The summed E-state index contributed by atoms with van der Waals surface area (Å²) in [7, 11) is 1.35. The molecule has 0 saturated heterocycles. The minimum Gasteiger partial charge on any atom is -0.465 e. The van der Waals surface area contributed by atoms with Crippen LogP contribution < -0.4 is 4.80 Å². The quantitative estimate of drug-likeness (QED) is 0.333. The summed E-state index contributed by atoms with van der Waals surface area (Å²) < 4.78 is 13.2. The van der Waals surface area contributed by atoms with Gasteiger partial charge in [-0.25, -0.2) is 4.79 Å². The highest BCUT2D eigenvalue weighted by Crippen LogP contribution is 2.22. The zero-order chi connectivity index (χ0) is 21.8. The highest BCUT2D eigenvalue weighted by atomic mass is 32.1. The Kier molecular flexibility index (Phi) is 6.25. The fraction of sp³-hybridized carbons (Fsp3) is 0.208. The summed E-state index contributed by atoms with van der Waals surface area (Å²) >= 11 is 1.36. The molecule has 3 aromatic carbocycles. The maximum atomic E-state index is 13.1. The second kappa shape index (κ2) is 9.24. The van der Waals surface area contributed by atoms with Crippen molar-refractivity contribution in [2.24, 2.45) is 4.99 Å². The molecule has 158 valence electrons. The average Bonchev–Trinajstić information content (AvgIpc) is 3.14. The van der Waals surface area contributed by atoms with Gasteiger partial charge in [-0.3, -0.25) is 4.79 Å². The largest absolute Gasteiger partial charge is 0.465 e. The molecule has 0 aliphatic rings. The number of nitrogens with zero attached hydrogens (tertiary/aromatic N) is 2. The van der Waals surface area contributed by atoms with Gasteiger partial charge in [0.15, 0.2) is 4.80 Å². The van der Waals surface area contributed by atoms with E-state index in [1.165, 1.54) is 18.4 Å². The van der Waals surface area contributed by atoms with Crippen molar-refractivity contribution in [3.05, 3.63) is 76.6 Å². The van der Waals surface area contributed by atoms with Gasteiger partial charge in [0.1, 0.15) is 0 Å². The number of amides is 1. The molecule has 7 heteroatoms. The SMILES string of the molecule is CCOCCn1c(=NC(=O)c2cccc3ccccc23)sc2cc(C(=O)OC)ccc21. The van der Waals surface area contributed by atoms with Crippen LogP contribution in [0.25, 0.3) is 21.0 Å². The number of hydrogen-bond donors (Lipinski definition) is 0. The molecule has 0 fully saturated rings. The first kappa shape index (κ1) is 21.0. The smallest absolute Gasteiger partial charge is 0.337 e. The van der Waals surface area contributed by atoms with E-state index in [1.807, 2.05) is 54.0 Å². The van der Waals surface area contributed by atoms with E-state index >= 15 is 0 Å². The third-order valence-electron chi connectivity index (χ3n) is 4.98. The van der Waals surface area contributed by atoms with E-state index in [4.69, 9.17) is 9.47 Å². The molecule has 6 nitrogen and oxygen atoms in total. The molecule has 0 aliphatic carbocycles. The van der Waals surface area contributed by atoms with E-state index < -0.39 is 5.97 Å². The van der Waals surface area contributed by atoms with E-state index in [1.54, 1.807) is 18.2 Å². The van der Waals surface area contributed by atoms with Gasteiger partial charge in [-0.1, -0.05) is 47.7 Å². The van der Waals surface area contributed by atoms with Gasteiger partial charge in [0, 0.05) is 18.7 Å². The van der Waals surface area contributed by atoms with E-state index in [-0.39, 0.29) is 5.91 Å². The highest BCUT2D eigenvalue weighted by Gasteiger charge is 2.14. The first-order chi connectivity index (χ1) is 15.1. The number of esters is 1. The fourth-order valence-electron chi connectivity index (χ4n) is 3.48. The number of ether oxygens (including phenoxy) is 2. The number of thiazole rings is 1. The van der Waals surface area contributed by atoms with Crippen molar-refractivity contribution in [1.82, 2.24) is 4.57 Å². The molecule has 1 heterocycles. The third-order valence-corrected chi connectivity index (χ3v) is 6.03. The molecular formula is C24H22N2O4S. The first-order valence-electron chi connectivity index (χ1n) is 9.98. The number of benzene rings is 3. The molecule has 0 bridgehead atoms. The van der Waals surface area contributed by atoms with Crippen LogP contribution in [0.3, 0.4) is 0 Å². The number of fused-ring (bicyclic) bond motifs is 2. The van der Waals surface area contributed by atoms with Crippen molar-refractivity contribution in [3.8, 4) is 0 Å². The van der Waals surface area contributed by atoms with Crippen LogP contribution in [0.15, 0.2) is 65.7 Å². The van der Waals surface area contributed by atoms with Crippen LogP contribution in [0.5, 0.6) is 0 Å². The van der Waals surface area contributed by atoms with Crippen LogP contribution in [0.1, 0.15) is 27.6 Å². The van der Waals surface area contributed by atoms with Gasteiger partial charge in [-0.15, -0.1) is 0 Å². The zero-order valence-electron chi connectivity index (χ0n) is 17.3. The molecule has 4 aromatic rings. The van der Waals surface area contributed by atoms with Crippen molar-refractivity contribution in [2.75, 3.05) is 20.3 Å². The van der Waals surface area contributed by atoms with Crippen LogP contribution in [0.4, 0.5) is 0 Å². The normalized spacial score (nSPS) is 11.9. The molecule has 0 spiro atoms. The number of carbonyl (C=O) groups is 2. The average molecular weight is 435 g/mol. The summed E-state index contributed by atoms with van der Waals surface area (Å²) in [5, 5.41) is 1.86. The molecule has 0 radical (unpaired) electrons. The minimum atomic E-state index is -0.401. The van der Waals surface area contributed by atoms with Crippen LogP contribution >= 0.6 is 11.3 Å². The molecule has 1 aromatic heterocycles. The van der Waals surface area contributed by atoms with Gasteiger partial charge in [0.2, 0.25) is 0 Å². The molecular weight excluding hydrogens is 412 g/mol. The second-order valence-corrected chi connectivity index (χ2v) is 7.86. The lowest BCUT2D eigenvalue weighted by atomic mass is 10.0. The Bertz CT molecular complexity index is 1330. The standard InChI is InChI=1S/C24H22N2O4S/c1-3-30-14-13-26-20-12-11-17(23(28)29-2)15-21(20)31-24(26)25-22(27)19-10-6-8-16-7-4-5-9-18(16)19/h4-12,15H,3,13-14H2,1-2H3. The maximum Gasteiger partial charge on any atom is 0.337 e. The predicted octanol–water partition coefficient (Wildman–Crippen LogP) is 4.42. The van der Waals surface area contributed by atoms with Crippen LogP contribution in [-0.4, -0.2) is 36.8 Å². The Labute approximate surface area is 183 Å². The molecule has 0 saturated carbocycles. The Balaban J connectivity index is 1.83. The van der Waals surface area contributed by atoms with Gasteiger partial charge in [-0.2, -0.15) is 4.99 Å². The van der Waals surface area contributed by atoms with Crippen molar-refractivity contribution < 1.29 is 19.1 Å². The lowest BCUT2D eigenvalue weighted by molar-refractivity contribution is 0.0600. The van der Waals surface area contributed by atoms with Crippen LogP contribution in [-0.2, 0) is 16.0 Å². The van der Waals surface area contributed by atoms with Crippen LogP contribution in [0, 0.1) is 0 Å². The second-order valence-electron chi connectivity index (χ2n) is 6.85. The Morgan fingerprint density at radius 1 is 1.06 bits per heavy atom. The lowest BCUT2D eigenvalue weighted by Gasteiger charge is -2.06. The Morgan fingerprint density at radius 3 is 2.68 bits per heavy atom. The Hall–Kier alpha value is -3.29. The summed E-state index contributed by atoms with van der Waals surface area (Å²) in [5.74, 6) is -0.705. The van der Waals surface area contributed by atoms with Gasteiger partial charge in [-0.05, 0) is 42.0 Å². The number of rotatable bonds is 6. The summed E-state index contributed by atoms with van der Waals surface area (Å²) in [6.45, 7) is 3.59. The number of aromatic nitrogens is 1. The molecule has 31 heavy (non-hydrogen) atoms. The van der Waals surface area contributed by atoms with E-state index in [2.05, 4.69) is 4.99 Å². The van der Waals surface area contributed by atoms with Crippen LogP contribution in [0.2, 0.25) is 0 Å². The number of carbonyl (C=O) groups excluding carboxylic acids is 2. The van der Waals surface area contributed by atoms with E-state index in [9.17, 15) is 9.59 Å². The minimum absolute atomic E-state index is 0.304. The Morgan fingerprint density at radius 2 is 1.87 bits per heavy atom. The fourth-order valence-corrected chi connectivity index (χ4v) is 4.57. The molecule has 0 aliphatic heterocycles. The van der Waals surface area contributed by atoms with Crippen molar-refractivity contribution in [2.45, 2.75) is 13.5 Å². The monoisotopic (exact) mass is 434 g/mol. The molecule has 0 atom stereocenters. The van der Waals surface area contributed by atoms with Gasteiger partial charge >= 0.3 is 5.97 Å². The van der Waals surface area contributed by atoms with E-state index in [0.29, 0.717) is 35.7 Å². The summed E-state index contributed by atoms with van der Waals surface area (Å²) in [6, 6.07) is 18.7. The predicted molar refractivity (Wildman–Crippen MR) is 121 cm³/mol. The molecule has 4 rings (SSSR count). The topological polar surface area (TPSA) is 69.9 Å². The third kappa shape index (κ3) is 4.28. The number of hydrogen-bond acceptors (Lipinski definition) is 5. The molecule has 0 unspecified atom stereocenters.